The lowest BCUT2D eigenvalue weighted by molar-refractivity contribution is -0.121. The molecule has 1 atom stereocenters. The van der Waals surface area contributed by atoms with Crippen LogP contribution in [0.15, 0.2) is 118 Å². The Hall–Kier alpha value is -6.16. The highest BCUT2D eigenvalue weighted by Gasteiger charge is 2.30. The Bertz CT molecular complexity index is 2540. The van der Waals surface area contributed by atoms with Crippen molar-refractivity contribution in [3.8, 4) is 0 Å². The van der Waals surface area contributed by atoms with E-state index < -0.39 is 6.04 Å². The van der Waals surface area contributed by atoms with Gasteiger partial charge in [0.05, 0.1) is 57.9 Å². The number of methoxy groups -OCH3 is 1. The van der Waals surface area contributed by atoms with Crippen molar-refractivity contribution in [1.29, 1.82) is 0 Å². The fourth-order valence-electron chi connectivity index (χ4n) is 8.46. The molecule has 1 aliphatic heterocycles. The van der Waals surface area contributed by atoms with E-state index >= 15 is 0 Å². The van der Waals surface area contributed by atoms with Crippen molar-refractivity contribution in [2.75, 3.05) is 58.6 Å². The number of carbonyl (C=O) groups excluding carboxylic acids is 4. The maximum Gasteiger partial charge on any atom is 0.222 e. The molecule has 0 saturated heterocycles. The summed E-state index contributed by atoms with van der Waals surface area (Å²) in [4.78, 5) is 46.3. The zero-order valence-corrected chi connectivity index (χ0v) is 48.0. The topological polar surface area (TPSA) is 172 Å². The van der Waals surface area contributed by atoms with E-state index in [9.17, 15) is 9.59 Å². The number of ether oxygens (including phenoxy) is 4. The second-order valence-electron chi connectivity index (χ2n) is 18.6. The molecule has 76 heavy (non-hydrogen) atoms. The van der Waals surface area contributed by atoms with E-state index in [2.05, 4.69) is 124 Å². The molecule has 2 heterocycles. The van der Waals surface area contributed by atoms with Gasteiger partial charge in [0.2, 0.25) is 5.91 Å². The minimum Gasteiger partial charge on any atom is -0.381 e. The monoisotopic (exact) mass is 1060 g/mol. The van der Waals surface area contributed by atoms with Crippen molar-refractivity contribution in [2.45, 2.75) is 133 Å². The van der Waals surface area contributed by atoms with Crippen molar-refractivity contribution < 1.29 is 38.1 Å². The number of halogens is 1. The molecule has 0 spiro atoms. The lowest BCUT2D eigenvalue weighted by atomic mass is 9.92. The number of hydrogen-bond donors (Lipinski definition) is 2. The average molecular weight is 1070 g/mol. The number of nitrogens with one attached hydrogen (secondary N) is 2. The summed E-state index contributed by atoms with van der Waals surface area (Å²) in [5.41, 5.74) is 13.3. The van der Waals surface area contributed by atoms with Crippen LogP contribution in [0.5, 0.6) is 0 Å². The lowest BCUT2D eigenvalue weighted by Gasteiger charge is -2.17. The summed E-state index contributed by atoms with van der Waals surface area (Å²) < 4.78 is 24.4. The van der Waals surface area contributed by atoms with Gasteiger partial charge in [-0.05, 0) is 132 Å². The fraction of sp³-hybridized carbons (Fsp3) is 0.459. The summed E-state index contributed by atoms with van der Waals surface area (Å²) in [5.74, 6) is 1.36. The summed E-state index contributed by atoms with van der Waals surface area (Å²) in [7, 11) is 1.80. The number of rotatable bonds is 26. The quantitative estimate of drug-likeness (QED) is 0.0733. The van der Waals surface area contributed by atoms with E-state index in [1.165, 1.54) is 25.7 Å². The summed E-state index contributed by atoms with van der Waals surface area (Å²) >= 11 is 6.25. The van der Waals surface area contributed by atoms with Crippen LogP contribution in [0.3, 0.4) is 0 Å². The standard InChI is InChI=1S/C51H63ClN6O5.C8H18O.2CH2O/c1-33(2)38(7)49-39(8)58-40(9)56-57-51(58)47(55-50(49)41-15-17-44(52)18-16-41)32-48(60)53-22-24-62-26-28-63-27-25-61-23-21-36(5)54-45-19-20-46(35(4)30-45)43-14-12-10-11-13-42(31-37(6)59)34(3)29-43;1-4-6-8(9-3)7-5-2;2*1-2/h11-20,29-30,47,54H,5,10,21-28,31-32H2,1-4,6-9H3,(H,53,60);8H,4-7H2,1-3H3;2*1H2/b13-11-,14-12+,42-34-,43-29+;;;/t47-;;;/m0.../s1. The van der Waals surface area contributed by atoms with Gasteiger partial charge in [-0.15, -0.1) is 10.2 Å². The van der Waals surface area contributed by atoms with Crippen molar-refractivity contribution in [3.63, 3.8) is 0 Å². The van der Waals surface area contributed by atoms with Crippen LogP contribution >= 0.6 is 11.6 Å². The molecule has 0 unspecified atom stereocenters. The Kier molecular flexibility index (Phi) is 31.9. The molecular weight excluding hydrogens is 980 g/mol. The molecule has 414 valence electrons. The third-order valence-electron chi connectivity index (χ3n) is 12.5. The van der Waals surface area contributed by atoms with E-state index in [4.69, 9.17) is 45.1 Å². The van der Waals surface area contributed by atoms with Crippen LogP contribution in [0.2, 0.25) is 5.02 Å². The smallest absolute Gasteiger partial charge is 0.222 e. The highest BCUT2D eigenvalue weighted by Crippen LogP contribution is 2.35. The molecule has 2 aliphatic rings. The molecule has 1 amide bonds. The SMILES string of the molecule is C=C(CCOCCOCCOCCNC(=O)C[C@@H]1N=C(c2ccc(Cl)cc2)C(C(C)=C(C)C)=C(C)n2c(C)nnc21)Nc1ccc(C2=C/C(C)=C(CC(C)=O)/C=C\C\C=C\2)c(C)c1.C=O.C=O.CCCC(CCC)OC. The molecule has 2 aromatic carbocycles. The molecule has 1 aromatic heterocycles. The molecule has 0 saturated carbocycles. The number of anilines is 1. The number of Topliss-reactive ketones (excluding diaryl/α,β-unsaturated/α-hetero) is 1. The first-order chi connectivity index (χ1) is 36.6. The van der Waals surface area contributed by atoms with Crippen LogP contribution < -0.4 is 10.6 Å². The van der Waals surface area contributed by atoms with Gasteiger partial charge in [-0.3, -0.25) is 19.1 Å². The van der Waals surface area contributed by atoms with Gasteiger partial charge in [-0.1, -0.05) is 99.0 Å². The van der Waals surface area contributed by atoms with Crippen molar-refractivity contribution in [3.05, 3.63) is 146 Å². The van der Waals surface area contributed by atoms with Crippen LogP contribution in [0.1, 0.15) is 141 Å². The number of amides is 1. The minimum atomic E-state index is -0.555. The van der Waals surface area contributed by atoms with Crippen molar-refractivity contribution >= 4 is 59.5 Å². The van der Waals surface area contributed by atoms with Gasteiger partial charge in [-0.2, -0.15) is 0 Å². The molecule has 14 nitrogen and oxygen atoms in total. The summed E-state index contributed by atoms with van der Waals surface area (Å²) in [6, 6.07) is 13.4. The van der Waals surface area contributed by atoms with E-state index in [1.54, 1.807) is 14.0 Å². The van der Waals surface area contributed by atoms with Gasteiger partial charge < -0.3 is 39.2 Å². The maximum atomic E-state index is 13.3. The number of aryl methyl sites for hydroxylation is 2. The second-order valence-corrected chi connectivity index (χ2v) is 19.0. The molecule has 5 rings (SSSR count). The van der Waals surface area contributed by atoms with Gasteiger partial charge in [0.15, 0.2) is 5.82 Å². The number of nitrogens with zero attached hydrogens (tertiary/aromatic N) is 4. The number of fused-ring (bicyclic) bond motifs is 1. The van der Waals surface area contributed by atoms with Crippen LogP contribution in [0.4, 0.5) is 5.69 Å². The highest BCUT2D eigenvalue weighted by atomic mass is 35.5. The van der Waals surface area contributed by atoms with Crippen LogP contribution in [-0.2, 0) is 38.1 Å². The third kappa shape index (κ3) is 22.2. The van der Waals surface area contributed by atoms with E-state index in [1.807, 2.05) is 56.3 Å². The zero-order chi connectivity index (χ0) is 56.6. The Morgan fingerprint density at radius 3 is 2.04 bits per heavy atom. The third-order valence-corrected chi connectivity index (χ3v) is 12.7. The Morgan fingerprint density at radius 1 is 0.829 bits per heavy atom. The maximum absolute atomic E-state index is 13.3. The number of ketones is 1. The molecule has 3 aromatic rings. The zero-order valence-electron chi connectivity index (χ0n) is 47.2. The second kappa shape index (κ2) is 36.8. The molecule has 0 radical (unpaired) electrons. The van der Waals surface area contributed by atoms with Crippen LogP contribution in [-0.4, -0.2) is 105 Å². The van der Waals surface area contributed by atoms with Gasteiger partial charge in [0.1, 0.15) is 31.2 Å². The number of hydrogen-bond acceptors (Lipinski definition) is 12. The molecule has 15 heteroatoms. The summed E-state index contributed by atoms with van der Waals surface area (Å²) in [6.45, 7) is 31.5. The van der Waals surface area contributed by atoms with E-state index in [0.29, 0.717) is 76.0 Å². The first-order valence-corrected chi connectivity index (χ1v) is 26.5. The molecular formula is C61H85ClN6O8. The lowest BCUT2D eigenvalue weighted by Crippen LogP contribution is -2.29. The van der Waals surface area contributed by atoms with Crippen LogP contribution in [0.25, 0.3) is 11.3 Å². The number of carbonyl (C=O) groups is 4. The average Bonchev–Trinajstić information content (AvgIpc) is 3.77. The number of benzene rings is 2. The van der Waals surface area contributed by atoms with Crippen molar-refractivity contribution in [2.24, 2.45) is 4.99 Å². The van der Waals surface area contributed by atoms with Gasteiger partial charge in [0.25, 0.3) is 0 Å². The normalized spacial score (nSPS) is 16.4. The number of allylic oxidation sites excluding steroid dienone is 12. The predicted molar refractivity (Wildman–Crippen MR) is 311 cm³/mol. The van der Waals surface area contributed by atoms with Crippen LogP contribution in [0, 0.1) is 13.8 Å². The Morgan fingerprint density at radius 2 is 1.45 bits per heavy atom. The first kappa shape index (κ1) is 66.0. The molecule has 0 bridgehead atoms. The molecule has 1 aliphatic carbocycles. The van der Waals surface area contributed by atoms with Gasteiger partial charge >= 0.3 is 0 Å². The number of aliphatic imine (C=N–C) groups is 1. The fourth-order valence-corrected chi connectivity index (χ4v) is 8.59. The highest BCUT2D eigenvalue weighted by molar-refractivity contribution is 6.30. The Balaban J connectivity index is 0.00000136. The predicted octanol–water partition coefficient (Wildman–Crippen LogP) is 12.7. The van der Waals surface area contributed by atoms with E-state index in [-0.39, 0.29) is 18.1 Å². The van der Waals surface area contributed by atoms with Crippen molar-refractivity contribution in [1.82, 2.24) is 20.1 Å². The minimum absolute atomic E-state index is 0.0991. The molecule has 0 fully saturated rings. The number of aromatic nitrogens is 3. The van der Waals surface area contributed by atoms with Gasteiger partial charge in [-0.25, -0.2) is 0 Å². The summed E-state index contributed by atoms with van der Waals surface area (Å²) in [5, 5.41) is 15.9. The first-order valence-electron chi connectivity index (χ1n) is 26.1. The summed E-state index contributed by atoms with van der Waals surface area (Å²) in [6.07, 6.45) is 18.0. The van der Waals surface area contributed by atoms with Gasteiger partial charge in [0, 0.05) is 59.7 Å². The largest absolute Gasteiger partial charge is 0.381 e. The van der Waals surface area contributed by atoms with E-state index in [0.717, 1.165) is 85.2 Å². The Labute approximate surface area is 458 Å². The molecule has 2 N–H and O–H groups in total.